The van der Waals surface area contributed by atoms with Crippen LogP contribution in [0.1, 0.15) is 5.69 Å². The van der Waals surface area contributed by atoms with Gasteiger partial charge < -0.3 is 9.67 Å². The molecule has 0 atom stereocenters. The van der Waals surface area contributed by atoms with Crippen molar-refractivity contribution < 1.29 is 5.11 Å². The molecule has 1 N–H and O–H groups in total. The summed E-state index contributed by atoms with van der Waals surface area (Å²) in [7, 11) is 2.08. The van der Waals surface area contributed by atoms with Gasteiger partial charge in [0.05, 0.1) is 23.5 Å². The predicted molar refractivity (Wildman–Crippen MR) is 107 cm³/mol. The number of aromatic nitrogens is 2. The van der Waals surface area contributed by atoms with Crippen molar-refractivity contribution in [3.05, 3.63) is 78.5 Å². The fourth-order valence-corrected chi connectivity index (χ4v) is 3.95. The van der Waals surface area contributed by atoms with Gasteiger partial charge in [0.2, 0.25) is 0 Å². The first-order chi connectivity index (χ1) is 12.8. The van der Waals surface area contributed by atoms with Crippen LogP contribution in [0.15, 0.2) is 72.8 Å². The molecule has 2 heterocycles. The highest BCUT2D eigenvalue weighted by molar-refractivity contribution is 6.13. The number of aliphatic hydroxyl groups excluding tert-OH is 1. The molecule has 0 unspecified atom stereocenters. The fraction of sp³-hybridized carbons (Fsp3) is 0.0870. The number of pyridine rings is 1. The van der Waals surface area contributed by atoms with E-state index in [1.54, 1.807) is 0 Å². The first kappa shape index (κ1) is 15.1. The monoisotopic (exact) mass is 338 g/mol. The van der Waals surface area contributed by atoms with Crippen molar-refractivity contribution >= 4 is 32.6 Å². The van der Waals surface area contributed by atoms with Gasteiger partial charge in [-0.05, 0) is 22.9 Å². The van der Waals surface area contributed by atoms with E-state index in [1.807, 2.05) is 6.07 Å². The van der Waals surface area contributed by atoms with E-state index in [9.17, 15) is 5.11 Å². The zero-order valence-corrected chi connectivity index (χ0v) is 14.5. The molecule has 0 radical (unpaired) electrons. The number of fused-ring (bicyclic) bond motifs is 4. The summed E-state index contributed by atoms with van der Waals surface area (Å²) < 4.78 is 2.20. The zero-order chi connectivity index (χ0) is 17.7. The van der Waals surface area contributed by atoms with Crippen LogP contribution in [-0.4, -0.2) is 14.7 Å². The Labute approximate surface area is 151 Å². The molecule has 0 saturated heterocycles. The maximum Gasteiger partial charge on any atom is 0.0955 e. The van der Waals surface area contributed by atoms with Crippen LogP contribution in [0.5, 0.6) is 0 Å². The first-order valence-corrected chi connectivity index (χ1v) is 8.74. The van der Waals surface area contributed by atoms with Crippen molar-refractivity contribution in [3.63, 3.8) is 0 Å². The molecule has 5 rings (SSSR count). The molecular weight excluding hydrogens is 320 g/mol. The van der Waals surface area contributed by atoms with Gasteiger partial charge in [-0.1, -0.05) is 60.7 Å². The fourth-order valence-electron chi connectivity index (χ4n) is 3.95. The standard InChI is InChI=1S/C23H18N2O/c1-25-21-12-5-4-10-18(21)20-13-16(14-26)24-22(23(20)25)19-11-6-8-15-7-2-3-9-17(15)19/h2-13,26H,14H2,1H3. The lowest BCUT2D eigenvalue weighted by Crippen LogP contribution is -1.97. The molecule has 3 nitrogen and oxygen atoms in total. The molecule has 26 heavy (non-hydrogen) atoms. The molecule has 0 aliphatic carbocycles. The van der Waals surface area contributed by atoms with Gasteiger partial charge in [0.1, 0.15) is 0 Å². The third kappa shape index (κ3) is 2.07. The maximum absolute atomic E-state index is 9.79. The highest BCUT2D eigenvalue weighted by atomic mass is 16.3. The molecule has 2 aromatic heterocycles. The number of aryl methyl sites for hydroxylation is 1. The molecule has 0 saturated carbocycles. The molecule has 3 aromatic carbocycles. The van der Waals surface area contributed by atoms with Crippen molar-refractivity contribution in [2.75, 3.05) is 0 Å². The molecule has 0 aliphatic rings. The summed E-state index contributed by atoms with van der Waals surface area (Å²) in [4.78, 5) is 4.83. The lowest BCUT2D eigenvalue weighted by Gasteiger charge is -2.11. The van der Waals surface area contributed by atoms with Crippen LogP contribution < -0.4 is 0 Å². The Kier molecular flexibility index (Phi) is 3.30. The van der Waals surface area contributed by atoms with Gasteiger partial charge in [-0.2, -0.15) is 0 Å². The second-order valence-electron chi connectivity index (χ2n) is 6.62. The molecule has 0 bridgehead atoms. The van der Waals surface area contributed by atoms with E-state index in [-0.39, 0.29) is 6.61 Å². The average Bonchev–Trinajstić information content (AvgIpc) is 2.99. The molecule has 0 fully saturated rings. The van der Waals surface area contributed by atoms with Crippen molar-refractivity contribution in [3.8, 4) is 11.3 Å². The number of hydrogen-bond acceptors (Lipinski definition) is 2. The molecule has 126 valence electrons. The summed E-state index contributed by atoms with van der Waals surface area (Å²) >= 11 is 0. The average molecular weight is 338 g/mol. The van der Waals surface area contributed by atoms with Crippen molar-refractivity contribution in [1.29, 1.82) is 0 Å². The Bertz CT molecular complexity index is 1280. The van der Waals surface area contributed by atoms with E-state index in [0.29, 0.717) is 5.69 Å². The number of hydrogen-bond donors (Lipinski definition) is 1. The Morgan fingerprint density at radius 2 is 1.58 bits per heavy atom. The number of para-hydroxylation sites is 1. The molecule has 5 aromatic rings. The predicted octanol–water partition coefficient (Wildman–Crippen LogP) is 5.04. The summed E-state index contributed by atoms with van der Waals surface area (Å²) in [5, 5.41) is 14.5. The number of nitrogens with zero attached hydrogens (tertiary/aromatic N) is 2. The molecular formula is C23H18N2O. The SMILES string of the molecule is Cn1c2ccccc2c2cc(CO)nc(-c3cccc4ccccc34)c21. The number of benzene rings is 3. The highest BCUT2D eigenvalue weighted by Gasteiger charge is 2.17. The van der Waals surface area contributed by atoms with Crippen LogP contribution in [0.3, 0.4) is 0 Å². The molecule has 0 amide bonds. The smallest absolute Gasteiger partial charge is 0.0955 e. The quantitative estimate of drug-likeness (QED) is 0.490. The second-order valence-corrected chi connectivity index (χ2v) is 6.62. The first-order valence-electron chi connectivity index (χ1n) is 8.74. The van der Waals surface area contributed by atoms with Crippen molar-refractivity contribution in [1.82, 2.24) is 9.55 Å². The lowest BCUT2D eigenvalue weighted by molar-refractivity contribution is 0.277. The van der Waals surface area contributed by atoms with Gasteiger partial charge in [0, 0.05) is 28.9 Å². The van der Waals surface area contributed by atoms with E-state index < -0.39 is 0 Å². The molecule has 0 aliphatic heterocycles. The summed E-state index contributed by atoms with van der Waals surface area (Å²) in [5.41, 5.74) is 4.97. The molecule has 0 spiro atoms. The van der Waals surface area contributed by atoms with Gasteiger partial charge in [0.25, 0.3) is 0 Å². The minimum absolute atomic E-state index is 0.0725. The largest absolute Gasteiger partial charge is 0.390 e. The van der Waals surface area contributed by atoms with E-state index in [1.165, 1.54) is 21.7 Å². The zero-order valence-electron chi connectivity index (χ0n) is 14.5. The third-order valence-electron chi connectivity index (χ3n) is 5.14. The second kappa shape index (κ2) is 5.68. The van der Waals surface area contributed by atoms with Crippen LogP contribution in [0, 0.1) is 0 Å². The number of rotatable bonds is 2. The van der Waals surface area contributed by atoms with Crippen LogP contribution in [0.2, 0.25) is 0 Å². The summed E-state index contributed by atoms with van der Waals surface area (Å²) in [6, 6.07) is 25.0. The van der Waals surface area contributed by atoms with Crippen LogP contribution in [0.4, 0.5) is 0 Å². The van der Waals surface area contributed by atoms with E-state index in [0.717, 1.165) is 22.2 Å². The van der Waals surface area contributed by atoms with Gasteiger partial charge >= 0.3 is 0 Å². The van der Waals surface area contributed by atoms with Crippen LogP contribution >= 0.6 is 0 Å². The van der Waals surface area contributed by atoms with Crippen LogP contribution in [0.25, 0.3) is 43.8 Å². The summed E-state index contributed by atoms with van der Waals surface area (Å²) in [5.74, 6) is 0. The van der Waals surface area contributed by atoms with Crippen LogP contribution in [-0.2, 0) is 13.7 Å². The summed E-state index contributed by atoms with van der Waals surface area (Å²) in [6.45, 7) is -0.0725. The van der Waals surface area contributed by atoms with Gasteiger partial charge in [-0.3, -0.25) is 0 Å². The Morgan fingerprint density at radius 1 is 0.846 bits per heavy atom. The Hall–Kier alpha value is -3.17. The van der Waals surface area contributed by atoms with E-state index in [2.05, 4.69) is 78.3 Å². The Morgan fingerprint density at radius 3 is 2.42 bits per heavy atom. The van der Waals surface area contributed by atoms with Crippen molar-refractivity contribution in [2.45, 2.75) is 6.61 Å². The van der Waals surface area contributed by atoms with E-state index in [4.69, 9.17) is 4.98 Å². The van der Waals surface area contributed by atoms with Gasteiger partial charge in [-0.15, -0.1) is 0 Å². The lowest BCUT2D eigenvalue weighted by atomic mass is 10.00. The Balaban J connectivity index is 1.99. The molecule has 3 heteroatoms. The highest BCUT2D eigenvalue weighted by Crippen LogP contribution is 2.37. The minimum Gasteiger partial charge on any atom is -0.390 e. The third-order valence-corrected chi connectivity index (χ3v) is 5.14. The normalized spacial score (nSPS) is 11.6. The maximum atomic E-state index is 9.79. The topological polar surface area (TPSA) is 38.0 Å². The number of aliphatic hydroxyl groups is 1. The minimum atomic E-state index is -0.0725. The van der Waals surface area contributed by atoms with Gasteiger partial charge in [0.15, 0.2) is 0 Å². The summed E-state index contributed by atoms with van der Waals surface area (Å²) in [6.07, 6.45) is 0. The van der Waals surface area contributed by atoms with E-state index >= 15 is 0 Å². The van der Waals surface area contributed by atoms with Crippen molar-refractivity contribution in [2.24, 2.45) is 7.05 Å². The van der Waals surface area contributed by atoms with Gasteiger partial charge in [-0.25, -0.2) is 4.98 Å².